The number of rotatable bonds is 6. The van der Waals surface area contributed by atoms with Crippen LogP contribution in [0.15, 0.2) is 12.3 Å². The molecule has 0 spiro atoms. The van der Waals surface area contributed by atoms with Gasteiger partial charge in [0.15, 0.2) is 0 Å². The Hall–Kier alpha value is -0.360. The van der Waals surface area contributed by atoms with Crippen molar-refractivity contribution in [3.63, 3.8) is 0 Å². The summed E-state index contributed by atoms with van der Waals surface area (Å²) in [6.45, 7) is 4.97. The van der Waals surface area contributed by atoms with E-state index in [1.165, 1.54) is 6.04 Å². The second kappa shape index (κ2) is 7.16. The maximum absolute atomic E-state index is 5.74. The van der Waals surface area contributed by atoms with Gasteiger partial charge in [0.2, 0.25) is 5.88 Å². The molecule has 0 unspecified atom stereocenters. The van der Waals surface area contributed by atoms with Crippen LogP contribution in [0, 0.1) is 9.61 Å². The van der Waals surface area contributed by atoms with Crippen molar-refractivity contribution >= 4 is 22.6 Å². The topological polar surface area (TPSA) is 25.4 Å². The molecule has 0 bridgehead atoms. The van der Waals surface area contributed by atoms with Crippen molar-refractivity contribution in [1.29, 1.82) is 0 Å². The lowest BCUT2D eigenvalue weighted by Crippen LogP contribution is -2.19. The van der Waals surface area contributed by atoms with Crippen LogP contribution in [0.4, 0.5) is 0 Å². The van der Waals surface area contributed by atoms with Crippen LogP contribution in [0.3, 0.4) is 0 Å². The van der Waals surface area contributed by atoms with E-state index in [1.807, 2.05) is 20.3 Å². The molecule has 1 rings (SSSR count). The molecule has 0 amide bonds. The van der Waals surface area contributed by atoms with E-state index in [2.05, 4.69) is 52.4 Å². The summed E-state index contributed by atoms with van der Waals surface area (Å²) < 4.78 is 6.87. The third kappa shape index (κ3) is 4.43. The fraction of sp³-hybridized carbons (Fsp3) is 0.538. The number of halogens is 1. The van der Waals surface area contributed by atoms with Crippen molar-refractivity contribution in [3.8, 4) is 5.88 Å². The van der Waals surface area contributed by atoms with E-state index in [4.69, 9.17) is 4.74 Å². The molecule has 0 aliphatic heterocycles. The summed E-state index contributed by atoms with van der Waals surface area (Å²) in [5, 5.41) is 0. The van der Waals surface area contributed by atoms with Crippen molar-refractivity contribution in [2.24, 2.45) is 0 Å². The summed E-state index contributed by atoms with van der Waals surface area (Å²) in [5.41, 5.74) is 1.08. The summed E-state index contributed by atoms with van der Waals surface area (Å²) in [5.74, 6) is 0.741. The zero-order valence-corrected chi connectivity index (χ0v) is 13.1. The quantitative estimate of drug-likeness (QED) is 0.583. The van der Waals surface area contributed by atoms with E-state index in [9.17, 15) is 0 Å². The Morgan fingerprint density at radius 1 is 1.47 bits per heavy atom. The first-order chi connectivity index (χ1) is 8.06. The van der Waals surface area contributed by atoms with E-state index < -0.39 is 0 Å². The molecular weight excluding hydrogens is 327 g/mol. The second-order valence-corrected chi connectivity index (χ2v) is 5.43. The van der Waals surface area contributed by atoms with Gasteiger partial charge in [-0.3, -0.25) is 4.90 Å². The Balaban J connectivity index is 2.87. The Labute approximate surface area is 118 Å². The predicted molar refractivity (Wildman–Crippen MR) is 79.1 cm³/mol. The smallest absolute Gasteiger partial charge is 0.218 e. The molecule has 0 fully saturated rings. The highest BCUT2D eigenvalue weighted by Gasteiger charge is 2.16. The van der Waals surface area contributed by atoms with E-state index in [0.29, 0.717) is 0 Å². The normalized spacial score (nSPS) is 11.2. The third-order valence-corrected chi connectivity index (χ3v) is 3.20. The van der Waals surface area contributed by atoms with Crippen LogP contribution in [0.1, 0.15) is 32.3 Å². The molecule has 1 aromatic rings. The third-order valence-electron chi connectivity index (χ3n) is 2.62. The van der Waals surface area contributed by atoms with Gasteiger partial charge in [0, 0.05) is 15.3 Å². The zero-order chi connectivity index (χ0) is 12.8. The van der Waals surface area contributed by atoms with Gasteiger partial charge in [-0.05, 0) is 56.1 Å². The summed E-state index contributed by atoms with van der Waals surface area (Å²) >= 11 is 2.27. The van der Waals surface area contributed by atoms with Crippen LogP contribution in [-0.4, -0.2) is 30.6 Å². The predicted octanol–water partition coefficient (Wildman–Crippen LogP) is 3.33. The van der Waals surface area contributed by atoms with Gasteiger partial charge >= 0.3 is 0 Å². The Bertz CT molecular complexity index is 355. The molecule has 1 aromatic heterocycles. The molecular formula is C13H20IN2O. The number of aromatic nitrogens is 1. The zero-order valence-electron chi connectivity index (χ0n) is 11.0. The Morgan fingerprint density at radius 3 is 2.76 bits per heavy atom. The number of hydrogen-bond donors (Lipinski definition) is 0. The van der Waals surface area contributed by atoms with Crippen LogP contribution in [0.25, 0.3) is 0 Å². The average Bonchev–Trinajstić information content (AvgIpc) is 2.30. The summed E-state index contributed by atoms with van der Waals surface area (Å²) in [4.78, 5) is 6.46. The number of ether oxygens (including phenoxy) is 1. The van der Waals surface area contributed by atoms with Gasteiger partial charge in [-0.2, -0.15) is 0 Å². The van der Waals surface area contributed by atoms with Gasteiger partial charge < -0.3 is 4.74 Å². The lowest BCUT2D eigenvalue weighted by molar-refractivity contribution is 0.291. The fourth-order valence-electron chi connectivity index (χ4n) is 1.36. The SMILES string of the molecule is CCCCOc1ncc(I)cc1[C](C)N(C)C. The molecule has 0 saturated carbocycles. The van der Waals surface area contributed by atoms with Crippen molar-refractivity contribution in [1.82, 2.24) is 9.88 Å². The lowest BCUT2D eigenvalue weighted by atomic mass is 10.1. The largest absolute Gasteiger partial charge is 0.477 e. The number of nitrogens with zero attached hydrogens (tertiary/aromatic N) is 2. The first kappa shape index (κ1) is 14.7. The standard InChI is InChI=1S/C13H20IN2O/c1-5-6-7-17-13-12(10(2)16(3)4)8-11(14)9-15-13/h8-9H,5-7H2,1-4H3. The molecule has 1 radical (unpaired) electrons. The van der Waals surface area contributed by atoms with E-state index in [-0.39, 0.29) is 0 Å². The molecule has 4 heteroatoms. The molecule has 17 heavy (non-hydrogen) atoms. The second-order valence-electron chi connectivity index (χ2n) is 4.19. The van der Waals surface area contributed by atoms with Gasteiger partial charge in [0.1, 0.15) is 0 Å². The molecule has 0 N–H and O–H groups in total. The van der Waals surface area contributed by atoms with Crippen molar-refractivity contribution < 1.29 is 4.74 Å². The summed E-state index contributed by atoms with van der Waals surface area (Å²) in [6.07, 6.45) is 4.04. The van der Waals surface area contributed by atoms with Crippen LogP contribution in [-0.2, 0) is 0 Å². The lowest BCUT2D eigenvalue weighted by Gasteiger charge is -2.21. The first-order valence-electron chi connectivity index (χ1n) is 5.85. The van der Waals surface area contributed by atoms with Gasteiger partial charge in [0.25, 0.3) is 0 Å². The van der Waals surface area contributed by atoms with Gasteiger partial charge in [0.05, 0.1) is 12.6 Å². The molecule has 0 aliphatic carbocycles. The first-order valence-corrected chi connectivity index (χ1v) is 6.93. The molecule has 0 atom stereocenters. The van der Waals surface area contributed by atoms with E-state index in [1.54, 1.807) is 0 Å². The molecule has 0 aliphatic rings. The Morgan fingerprint density at radius 2 is 2.18 bits per heavy atom. The molecule has 95 valence electrons. The highest BCUT2D eigenvalue weighted by atomic mass is 127. The average molecular weight is 347 g/mol. The van der Waals surface area contributed by atoms with Crippen molar-refractivity contribution in [3.05, 3.63) is 27.4 Å². The van der Waals surface area contributed by atoms with Crippen LogP contribution in [0.5, 0.6) is 5.88 Å². The highest BCUT2D eigenvalue weighted by molar-refractivity contribution is 14.1. The van der Waals surface area contributed by atoms with Crippen LogP contribution >= 0.6 is 22.6 Å². The number of hydrogen-bond acceptors (Lipinski definition) is 3. The van der Waals surface area contributed by atoms with Crippen LogP contribution in [0.2, 0.25) is 0 Å². The minimum atomic E-state index is 0.734. The minimum absolute atomic E-state index is 0.734. The van der Waals surface area contributed by atoms with Gasteiger partial charge in [-0.25, -0.2) is 4.98 Å². The van der Waals surface area contributed by atoms with Gasteiger partial charge in [-0.1, -0.05) is 13.3 Å². The van der Waals surface area contributed by atoms with Gasteiger partial charge in [-0.15, -0.1) is 0 Å². The Kier molecular flexibility index (Phi) is 6.19. The monoisotopic (exact) mass is 347 g/mol. The maximum atomic E-state index is 5.74. The number of pyridine rings is 1. The van der Waals surface area contributed by atoms with Crippen molar-refractivity contribution in [2.45, 2.75) is 26.7 Å². The molecule has 0 saturated heterocycles. The highest BCUT2D eigenvalue weighted by Crippen LogP contribution is 2.26. The van der Waals surface area contributed by atoms with E-state index in [0.717, 1.165) is 34.5 Å². The maximum Gasteiger partial charge on any atom is 0.218 e. The molecule has 0 aromatic carbocycles. The molecule has 1 heterocycles. The van der Waals surface area contributed by atoms with Crippen molar-refractivity contribution in [2.75, 3.05) is 20.7 Å². The number of unbranched alkanes of at least 4 members (excludes halogenated alkanes) is 1. The summed E-state index contributed by atoms with van der Waals surface area (Å²) in [6, 6.07) is 3.28. The van der Waals surface area contributed by atoms with E-state index >= 15 is 0 Å². The fourth-order valence-corrected chi connectivity index (χ4v) is 1.81. The minimum Gasteiger partial charge on any atom is -0.477 e. The molecule has 3 nitrogen and oxygen atoms in total. The summed E-state index contributed by atoms with van der Waals surface area (Å²) in [7, 11) is 4.07. The van der Waals surface area contributed by atoms with Crippen LogP contribution < -0.4 is 4.74 Å².